The van der Waals surface area contributed by atoms with Crippen LogP contribution in [0.4, 0.5) is 0 Å². The number of methoxy groups -OCH3 is 2. The van der Waals surface area contributed by atoms with Gasteiger partial charge < -0.3 is 24.8 Å². The summed E-state index contributed by atoms with van der Waals surface area (Å²) in [4.78, 5) is 12.8. The van der Waals surface area contributed by atoms with Crippen molar-refractivity contribution in [3.8, 4) is 11.5 Å². The van der Waals surface area contributed by atoms with Gasteiger partial charge in [-0.1, -0.05) is 0 Å². The average molecular weight is 436 g/mol. The lowest BCUT2D eigenvalue weighted by Gasteiger charge is -2.26. The van der Waals surface area contributed by atoms with Gasteiger partial charge in [0.05, 0.1) is 37.9 Å². The Morgan fingerprint density at radius 2 is 1.96 bits per heavy atom. The molecule has 0 radical (unpaired) electrons. The van der Waals surface area contributed by atoms with E-state index in [1.54, 1.807) is 0 Å². The number of ether oxygens (including phenoxy) is 3. The van der Waals surface area contributed by atoms with E-state index in [9.17, 15) is 13.2 Å². The van der Waals surface area contributed by atoms with Gasteiger partial charge in [-0.05, 0) is 19.0 Å². The number of sulfonamides is 1. The highest BCUT2D eigenvalue weighted by Gasteiger charge is 2.30. The third-order valence-electron chi connectivity index (χ3n) is 4.70. The Morgan fingerprint density at radius 1 is 1.25 bits per heavy atom. The second-order valence-corrected chi connectivity index (χ2v) is 8.32. The number of morpholine rings is 1. The summed E-state index contributed by atoms with van der Waals surface area (Å²) >= 11 is 0. The van der Waals surface area contributed by atoms with E-state index in [-0.39, 0.29) is 53.5 Å². The Kier molecular flexibility index (Phi) is 7.90. The first-order valence-electron chi connectivity index (χ1n) is 8.83. The van der Waals surface area contributed by atoms with Crippen LogP contribution in [-0.4, -0.2) is 78.3 Å². The van der Waals surface area contributed by atoms with Gasteiger partial charge in [0.2, 0.25) is 10.0 Å². The van der Waals surface area contributed by atoms with E-state index in [0.29, 0.717) is 19.8 Å². The number of carbonyl (C=O) groups is 1. The Hall–Kier alpha value is -1.59. The molecule has 1 atom stereocenters. The summed E-state index contributed by atoms with van der Waals surface area (Å²) in [6, 6.07) is 2.73. The molecule has 1 unspecified atom stereocenters. The largest absolute Gasteiger partial charge is 0.493 e. The summed E-state index contributed by atoms with van der Waals surface area (Å²) < 4.78 is 43.2. The predicted octanol–water partition coefficient (Wildman–Crippen LogP) is 0.238. The standard InChI is InChI=1S/C17H25N3O6S.ClH/c1-24-15-10-13(27(22,23)20-5-7-26-8-6-20)9-14(16(15)25-2)17(21)19-12-3-4-18-11-12;/h9-10,12,18H,3-8,11H2,1-2H3,(H,19,21);1H. The molecule has 2 N–H and O–H groups in total. The second-order valence-electron chi connectivity index (χ2n) is 6.39. The Bertz CT molecular complexity index is 792. The molecule has 2 heterocycles. The molecule has 28 heavy (non-hydrogen) atoms. The molecule has 2 aliphatic heterocycles. The van der Waals surface area contributed by atoms with Crippen molar-refractivity contribution in [3.05, 3.63) is 17.7 Å². The van der Waals surface area contributed by atoms with E-state index < -0.39 is 15.9 Å². The van der Waals surface area contributed by atoms with Crippen LogP contribution in [0.25, 0.3) is 0 Å². The average Bonchev–Trinajstić information content (AvgIpc) is 3.20. The number of hydrogen-bond donors (Lipinski definition) is 2. The zero-order chi connectivity index (χ0) is 19.4. The van der Waals surface area contributed by atoms with Crippen molar-refractivity contribution < 1.29 is 27.4 Å². The molecule has 0 bridgehead atoms. The van der Waals surface area contributed by atoms with Gasteiger partial charge in [-0.25, -0.2) is 8.42 Å². The topological polar surface area (TPSA) is 106 Å². The number of rotatable bonds is 6. The third-order valence-corrected chi connectivity index (χ3v) is 6.58. The van der Waals surface area contributed by atoms with Gasteiger partial charge in [0.1, 0.15) is 0 Å². The Balaban J connectivity index is 0.00000280. The zero-order valence-corrected chi connectivity index (χ0v) is 17.5. The Morgan fingerprint density at radius 3 is 2.54 bits per heavy atom. The van der Waals surface area contributed by atoms with Crippen molar-refractivity contribution in [2.24, 2.45) is 0 Å². The normalized spacial score (nSPS) is 20.3. The minimum atomic E-state index is -3.78. The molecule has 0 saturated carbocycles. The molecule has 9 nitrogen and oxygen atoms in total. The van der Waals surface area contributed by atoms with E-state index >= 15 is 0 Å². The SMILES string of the molecule is COc1cc(S(=O)(=O)N2CCOCC2)cc(C(=O)NC2CCNC2)c1OC.Cl. The fraction of sp³-hybridized carbons (Fsp3) is 0.588. The molecule has 11 heteroatoms. The summed E-state index contributed by atoms with van der Waals surface area (Å²) in [5, 5.41) is 6.09. The highest BCUT2D eigenvalue weighted by molar-refractivity contribution is 7.89. The lowest BCUT2D eigenvalue weighted by Crippen LogP contribution is -2.40. The van der Waals surface area contributed by atoms with E-state index in [1.807, 2.05) is 0 Å². The van der Waals surface area contributed by atoms with Gasteiger partial charge >= 0.3 is 0 Å². The van der Waals surface area contributed by atoms with Crippen LogP contribution in [0.5, 0.6) is 11.5 Å². The molecule has 2 aliphatic rings. The van der Waals surface area contributed by atoms with Crippen LogP contribution < -0.4 is 20.1 Å². The van der Waals surface area contributed by atoms with Crippen LogP contribution in [-0.2, 0) is 14.8 Å². The molecular formula is C17H26ClN3O6S. The maximum absolute atomic E-state index is 13.0. The van der Waals surface area contributed by atoms with Crippen molar-refractivity contribution in [1.82, 2.24) is 14.9 Å². The molecule has 1 amide bonds. The molecule has 1 aromatic rings. The van der Waals surface area contributed by atoms with Crippen LogP contribution in [0.2, 0.25) is 0 Å². The van der Waals surface area contributed by atoms with Crippen LogP contribution in [0.1, 0.15) is 16.8 Å². The molecule has 158 valence electrons. The number of nitrogens with one attached hydrogen (secondary N) is 2. The molecule has 1 aromatic carbocycles. The molecule has 3 rings (SSSR count). The van der Waals surface area contributed by atoms with Crippen LogP contribution >= 0.6 is 12.4 Å². The molecule has 0 aliphatic carbocycles. The molecule has 2 saturated heterocycles. The van der Waals surface area contributed by atoms with E-state index in [2.05, 4.69) is 10.6 Å². The quantitative estimate of drug-likeness (QED) is 0.659. The van der Waals surface area contributed by atoms with E-state index in [0.717, 1.165) is 13.0 Å². The zero-order valence-electron chi connectivity index (χ0n) is 15.9. The fourth-order valence-electron chi connectivity index (χ4n) is 3.23. The number of carbonyl (C=O) groups excluding carboxylic acids is 1. The number of halogens is 1. The first kappa shape index (κ1) is 22.7. The van der Waals surface area contributed by atoms with Gasteiger partial charge in [0, 0.05) is 31.7 Å². The van der Waals surface area contributed by atoms with Crippen LogP contribution in [0.3, 0.4) is 0 Å². The van der Waals surface area contributed by atoms with Crippen molar-refractivity contribution in [2.45, 2.75) is 17.4 Å². The van der Waals surface area contributed by atoms with Crippen molar-refractivity contribution >= 4 is 28.3 Å². The molecule has 2 fully saturated rings. The minimum Gasteiger partial charge on any atom is -0.493 e. The summed E-state index contributed by atoms with van der Waals surface area (Å²) in [5.41, 5.74) is 0.135. The van der Waals surface area contributed by atoms with Gasteiger partial charge in [-0.2, -0.15) is 4.31 Å². The number of nitrogens with zero attached hydrogens (tertiary/aromatic N) is 1. The first-order valence-corrected chi connectivity index (χ1v) is 10.3. The highest BCUT2D eigenvalue weighted by atomic mass is 35.5. The lowest BCUT2D eigenvalue weighted by atomic mass is 10.1. The predicted molar refractivity (Wildman–Crippen MR) is 105 cm³/mol. The first-order chi connectivity index (χ1) is 13.0. The lowest BCUT2D eigenvalue weighted by molar-refractivity contribution is 0.0730. The summed E-state index contributed by atoms with van der Waals surface area (Å²) in [6.07, 6.45) is 0.816. The van der Waals surface area contributed by atoms with Gasteiger partial charge in [0.15, 0.2) is 11.5 Å². The summed E-state index contributed by atoms with van der Waals surface area (Å²) in [5.74, 6) is 0.0151. The number of benzene rings is 1. The fourth-order valence-corrected chi connectivity index (χ4v) is 4.68. The van der Waals surface area contributed by atoms with Gasteiger partial charge in [-0.3, -0.25) is 4.79 Å². The van der Waals surface area contributed by atoms with Crippen molar-refractivity contribution in [2.75, 3.05) is 53.6 Å². The van der Waals surface area contributed by atoms with Crippen LogP contribution in [0.15, 0.2) is 17.0 Å². The van der Waals surface area contributed by atoms with Gasteiger partial charge in [-0.15, -0.1) is 12.4 Å². The maximum atomic E-state index is 13.0. The summed E-state index contributed by atoms with van der Waals surface area (Å²) in [6.45, 7) is 2.73. The van der Waals surface area contributed by atoms with Gasteiger partial charge in [0.25, 0.3) is 5.91 Å². The highest BCUT2D eigenvalue weighted by Crippen LogP contribution is 2.35. The summed E-state index contributed by atoms with van der Waals surface area (Å²) in [7, 11) is -0.951. The Labute approximate surface area is 171 Å². The minimum absolute atomic E-state index is 0. The van der Waals surface area contributed by atoms with Crippen molar-refractivity contribution in [3.63, 3.8) is 0 Å². The van der Waals surface area contributed by atoms with Crippen molar-refractivity contribution in [1.29, 1.82) is 0 Å². The third kappa shape index (κ3) is 4.69. The molecule has 0 spiro atoms. The van der Waals surface area contributed by atoms with Crippen LogP contribution in [0, 0.1) is 0 Å². The smallest absolute Gasteiger partial charge is 0.255 e. The molecular weight excluding hydrogens is 410 g/mol. The van der Waals surface area contributed by atoms with E-state index in [1.165, 1.54) is 30.7 Å². The number of hydrogen-bond acceptors (Lipinski definition) is 7. The molecule has 0 aromatic heterocycles. The number of amides is 1. The monoisotopic (exact) mass is 435 g/mol. The van der Waals surface area contributed by atoms with E-state index in [4.69, 9.17) is 14.2 Å². The maximum Gasteiger partial charge on any atom is 0.255 e. The second kappa shape index (κ2) is 9.75.